The van der Waals surface area contributed by atoms with Crippen LogP contribution in [0, 0.1) is 12.7 Å². The molecule has 1 atom stereocenters. The van der Waals surface area contributed by atoms with Crippen molar-refractivity contribution >= 4 is 11.6 Å². The van der Waals surface area contributed by atoms with Crippen molar-refractivity contribution in [3.8, 4) is 5.75 Å². The van der Waals surface area contributed by atoms with Gasteiger partial charge in [-0.05, 0) is 55.7 Å². The summed E-state index contributed by atoms with van der Waals surface area (Å²) in [6.45, 7) is 5.67. The second-order valence-corrected chi connectivity index (χ2v) is 5.17. The Morgan fingerprint density at radius 3 is 2.55 bits per heavy atom. The number of halogens is 1. The van der Waals surface area contributed by atoms with Gasteiger partial charge in [0, 0.05) is 5.69 Å². The molecule has 0 radical (unpaired) electrons. The molecule has 1 N–H and O–H groups in total. The molecule has 0 saturated carbocycles. The fraction of sp³-hybridized carbons (Fsp3) is 0.278. The molecular weight excluding hydrogens is 281 g/mol. The van der Waals surface area contributed by atoms with Crippen LogP contribution < -0.4 is 10.1 Å². The highest BCUT2D eigenvalue weighted by Gasteiger charge is 2.17. The zero-order valence-corrected chi connectivity index (χ0v) is 13.0. The molecule has 0 spiro atoms. The molecule has 2 rings (SSSR count). The summed E-state index contributed by atoms with van der Waals surface area (Å²) in [6.07, 6.45) is 0.166. The molecule has 0 aliphatic carbocycles. The molecule has 0 heterocycles. The van der Waals surface area contributed by atoms with Crippen molar-refractivity contribution in [2.24, 2.45) is 0 Å². The van der Waals surface area contributed by atoms with Crippen molar-refractivity contribution < 1.29 is 13.9 Å². The van der Waals surface area contributed by atoms with Crippen molar-refractivity contribution in [3.05, 3.63) is 59.4 Å². The average molecular weight is 301 g/mol. The Hall–Kier alpha value is -2.36. The summed E-state index contributed by atoms with van der Waals surface area (Å²) in [4.78, 5) is 12.3. The van der Waals surface area contributed by atoms with E-state index in [-0.39, 0.29) is 11.7 Å². The summed E-state index contributed by atoms with van der Waals surface area (Å²) in [6, 6.07) is 11.5. The number of rotatable bonds is 5. The van der Waals surface area contributed by atoms with Crippen molar-refractivity contribution in [1.29, 1.82) is 0 Å². The largest absolute Gasteiger partial charge is 0.481 e. The third-order valence-corrected chi connectivity index (χ3v) is 3.48. The number of amides is 1. The first-order valence-electron chi connectivity index (χ1n) is 7.33. The molecule has 0 bridgehead atoms. The molecule has 0 aromatic heterocycles. The van der Waals surface area contributed by atoms with E-state index >= 15 is 0 Å². The van der Waals surface area contributed by atoms with Crippen molar-refractivity contribution in [1.82, 2.24) is 0 Å². The molecule has 4 heteroatoms. The minimum atomic E-state index is -0.672. The van der Waals surface area contributed by atoms with Gasteiger partial charge >= 0.3 is 0 Å². The minimum absolute atomic E-state index is 0.228. The molecule has 2 aromatic carbocycles. The normalized spacial score (nSPS) is 11.8. The molecule has 116 valence electrons. The SMILES string of the molecule is CCc1cccc(C)c1NC(=O)[C@H](C)Oc1ccc(F)cc1. The quantitative estimate of drug-likeness (QED) is 0.903. The first kappa shape index (κ1) is 16.0. The van der Waals surface area contributed by atoms with E-state index in [1.165, 1.54) is 24.3 Å². The zero-order chi connectivity index (χ0) is 16.1. The Balaban J connectivity index is 2.07. The maximum atomic E-state index is 12.9. The third-order valence-electron chi connectivity index (χ3n) is 3.48. The second-order valence-electron chi connectivity index (χ2n) is 5.17. The molecule has 22 heavy (non-hydrogen) atoms. The summed E-state index contributed by atoms with van der Waals surface area (Å²) in [5.74, 6) is -0.102. The summed E-state index contributed by atoms with van der Waals surface area (Å²) in [5.41, 5.74) is 2.94. The van der Waals surface area contributed by atoms with Gasteiger partial charge in [0.1, 0.15) is 11.6 Å². The lowest BCUT2D eigenvalue weighted by molar-refractivity contribution is -0.122. The number of benzene rings is 2. The van der Waals surface area contributed by atoms with Crippen LogP contribution in [-0.2, 0) is 11.2 Å². The van der Waals surface area contributed by atoms with Gasteiger partial charge in [0.2, 0.25) is 0 Å². The van der Waals surface area contributed by atoms with Crippen LogP contribution in [0.2, 0.25) is 0 Å². The highest BCUT2D eigenvalue weighted by molar-refractivity contribution is 5.95. The molecule has 0 aliphatic rings. The highest BCUT2D eigenvalue weighted by atomic mass is 19.1. The lowest BCUT2D eigenvalue weighted by atomic mass is 10.1. The van der Waals surface area contributed by atoms with Crippen LogP contribution >= 0.6 is 0 Å². The monoisotopic (exact) mass is 301 g/mol. The molecular formula is C18H20FNO2. The van der Waals surface area contributed by atoms with Gasteiger partial charge in [-0.25, -0.2) is 4.39 Å². The summed E-state index contributed by atoms with van der Waals surface area (Å²) >= 11 is 0. The van der Waals surface area contributed by atoms with Gasteiger partial charge in [0.05, 0.1) is 0 Å². The molecule has 0 unspecified atom stereocenters. The van der Waals surface area contributed by atoms with Crippen molar-refractivity contribution in [3.63, 3.8) is 0 Å². The number of aryl methyl sites for hydroxylation is 2. The van der Waals surface area contributed by atoms with E-state index in [9.17, 15) is 9.18 Å². The van der Waals surface area contributed by atoms with Gasteiger partial charge in [0.25, 0.3) is 5.91 Å². The first-order chi connectivity index (χ1) is 10.5. The maximum Gasteiger partial charge on any atom is 0.265 e. The molecule has 2 aromatic rings. The smallest absolute Gasteiger partial charge is 0.265 e. The van der Waals surface area contributed by atoms with E-state index in [0.29, 0.717) is 5.75 Å². The minimum Gasteiger partial charge on any atom is -0.481 e. The molecule has 3 nitrogen and oxygen atoms in total. The number of carbonyl (C=O) groups is 1. The van der Waals surface area contributed by atoms with Gasteiger partial charge in [-0.3, -0.25) is 4.79 Å². The van der Waals surface area contributed by atoms with Gasteiger partial charge in [-0.15, -0.1) is 0 Å². The Labute approximate surface area is 130 Å². The van der Waals surface area contributed by atoms with Crippen LogP contribution in [0.4, 0.5) is 10.1 Å². The van der Waals surface area contributed by atoms with Crippen molar-refractivity contribution in [2.75, 3.05) is 5.32 Å². The number of para-hydroxylation sites is 1. The number of hydrogen-bond donors (Lipinski definition) is 1. The number of hydrogen-bond acceptors (Lipinski definition) is 2. The Morgan fingerprint density at radius 2 is 1.91 bits per heavy atom. The topological polar surface area (TPSA) is 38.3 Å². The first-order valence-corrected chi connectivity index (χ1v) is 7.33. The van der Waals surface area contributed by atoms with Crippen LogP contribution in [0.5, 0.6) is 5.75 Å². The van der Waals surface area contributed by atoms with Gasteiger partial charge < -0.3 is 10.1 Å². The van der Waals surface area contributed by atoms with E-state index in [2.05, 4.69) is 5.32 Å². The van der Waals surface area contributed by atoms with Crippen molar-refractivity contribution in [2.45, 2.75) is 33.3 Å². The van der Waals surface area contributed by atoms with Gasteiger partial charge in [-0.2, -0.15) is 0 Å². The van der Waals surface area contributed by atoms with Crippen LogP contribution in [-0.4, -0.2) is 12.0 Å². The predicted molar refractivity (Wildman–Crippen MR) is 85.7 cm³/mol. The van der Waals surface area contributed by atoms with Crippen LogP contribution in [0.1, 0.15) is 25.0 Å². The molecule has 0 saturated heterocycles. The van der Waals surface area contributed by atoms with E-state index in [0.717, 1.165) is 23.2 Å². The Morgan fingerprint density at radius 1 is 1.23 bits per heavy atom. The highest BCUT2D eigenvalue weighted by Crippen LogP contribution is 2.22. The molecule has 1 amide bonds. The van der Waals surface area contributed by atoms with E-state index in [1.54, 1.807) is 6.92 Å². The number of ether oxygens (including phenoxy) is 1. The number of nitrogens with one attached hydrogen (secondary N) is 1. The summed E-state index contributed by atoms with van der Waals surface area (Å²) in [7, 11) is 0. The summed E-state index contributed by atoms with van der Waals surface area (Å²) in [5, 5.41) is 2.92. The second kappa shape index (κ2) is 7.07. The maximum absolute atomic E-state index is 12.9. The Kier molecular flexibility index (Phi) is 5.15. The number of anilines is 1. The fourth-order valence-corrected chi connectivity index (χ4v) is 2.20. The summed E-state index contributed by atoms with van der Waals surface area (Å²) < 4.78 is 18.4. The van der Waals surface area contributed by atoms with Crippen LogP contribution in [0.25, 0.3) is 0 Å². The third kappa shape index (κ3) is 3.85. The zero-order valence-electron chi connectivity index (χ0n) is 13.0. The van der Waals surface area contributed by atoms with E-state index in [1.807, 2.05) is 32.0 Å². The predicted octanol–water partition coefficient (Wildman–Crippen LogP) is 4.10. The van der Waals surface area contributed by atoms with Crippen LogP contribution in [0.3, 0.4) is 0 Å². The van der Waals surface area contributed by atoms with Gasteiger partial charge in [-0.1, -0.05) is 25.1 Å². The molecule has 0 aliphatic heterocycles. The van der Waals surface area contributed by atoms with Gasteiger partial charge in [0.15, 0.2) is 6.10 Å². The Bertz CT molecular complexity index is 653. The standard InChI is InChI=1S/C18H20FNO2/c1-4-14-7-5-6-12(2)17(14)20-18(21)13(3)22-16-10-8-15(19)9-11-16/h5-11,13H,4H2,1-3H3,(H,20,21)/t13-/m0/s1. The number of carbonyl (C=O) groups excluding carboxylic acids is 1. The van der Waals surface area contributed by atoms with E-state index in [4.69, 9.17) is 4.74 Å². The lowest BCUT2D eigenvalue weighted by Crippen LogP contribution is -2.30. The van der Waals surface area contributed by atoms with Crippen LogP contribution in [0.15, 0.2) is 42.5 Å². The lowest BCUT2D eigenvalue weighted by Gasteiger charge is -2.17. The van der Waals surface area contributed by atoms with E-state index < -0.39 is 6.10 Å². The molecule has 0 fully saturated rings. The fourth-order valence-electron chi connectivity index (χ4n) is 2.20. The average Bonchev–Trinajstić information content (AvgIpc) is 2.51.